The summed E-state index contributed by atoms with van der Waals surface area (Å²) in [5.74, 6) is 7.22. The molecule has 0 unspecified atom stereocenters. The Balaban J connectivity index is 1.25. The van der Waals surface area contributed by atoms with Gasteiger partial charge in [-0.1, -0.05) is 35.6 Å². The van der Waals surface area contributed by atoms with Crippen LogP contribution >= 0.6 is 22.9 Å². The van der Waals surface area contributed by atoms with E-state index in [0.717, 1.165) is 20.8 Å². The Kier molecular flexibility index (Phi) is 8.30. The van der Waals surface area contributed by atoms with E-state index in [9.17, 15) is 12.8 Å². The predicted octanol–water partition coefficient (Wildman–Crippen LogP) is 4.83. The number of nitrogens with zero attached hydrogens (tertiary/aromatic N) is 2. The van der Waals surface area contributed by atoms with Gasteiger partial charge >= 0.3 is 0 Å². The maximum absolute atomic E-state index is 13.4. The number of halogens is 2. The van der Waals surface area contributed by atoms with E-state index in [1.807, 2.05) is 12.1 Å². The van der Waals surface area contributed by atoms with Gasteiger partial charge in [0.25, 0.3) is 0 Å². The van der Waals surface area contributed by atoms with Crippen molar-refractivity contribution in [3.63, 3.8) is 0 Å². The van der Waals surface area contributed by atoms with E-state index in [2.05, 4.69) is 37.2 Å². The molecule has 0 spiro atoms. The van der Waals surface area contributed by atoms with Crippen LogP contribution in [-0.4, -0.2) is 42.8 Å². The number of hydrogen-bond donors (Lipinski definition) is 3. The fourth-order valence-corrected chi connectivity index (χ4v) is 6.06. The SMILES string of the molecule is CCS(=O)(=O)N[C@H]1CN[C@@H](C#Cc2cc3ncnc(Nc4ccc(OCc5cccc(F)c5)c(Cl)c4)c3s2)C1. The van der Waals surface area contributed by atoms with Gasteiger partial charge in [0.05, 0.1) is 31.9 Å². The summed E-state index contributed by atoms with van der Waals surface area (Å²) in [6, 6.07) is 13.2. The number of fused-ring (bicyclic) bond motifs is 1. The predicted molar refractivity (Wildman–Crippen MR) is 153 cm³/mol. The first-order chi connectivity index (χ1) is 18.8. The van der Waals surface area contributed by atoms with Gasteiger partial charge in [-0.05, 0) is 55.3 Å². The Morgan fingerprint density at radius 2 is 2.10 bits per heavy atom. The van der Waals surface area contributed by atoms with Crippen molar-refractivity contribution in [2.75, 3.05) is 17.6 Å². The summed E-state index contributed by atoms with van der Waals surface area (Å²) in [5, 5.41) is 6.95. The van der Waals surface area contributed by atoms with Gasteiger partial charge in [-0.15, -0.1) is 11.3 Å². The zero-order chi connectivity index (χ0) is 27.4. The van der Waals surface area contributed by atoms with E-state index < -0.39 is 10.0 Å². The monoisotopic (exact) mass is 585 g/mol. The molecule has 4 aromatic rings. The topological polar surface area (TPSA) is 105 Å². The number of sulfonamides is 1. The summed E-state index contributed by atoms with van der Waals surface area (Å²) >= 11 is 7.91. The van der Waals surface area contributed by atoms with Crippen LogP contribution in [-0.2, 0) is 16.6 Å². The Hall–Kier alpha value is -3.27. The van der Waals surface area contributed by atoms with Crippen LogP contribution in [0.15, 0.2) is 54.9 Å². The van der Waals surface area contributed by atoms with E-state index in [4.69, 9.17) is 16.3 Å². The number of ether oxygens (including phenoxy) is 1. The molecule has 2 aromatic carbocycles. The second kappa shape index (κ2) is 11.9. The number of aromatic nitrogens is 2. The molecule has 0 bridgehead atoms. The summed E-state index contributed by atoms with van der Waals surface area (Å²) in [5.41, 5.74) is 2.18. The van der Waals surface area contributed by atoms with Crippen LogP contribution in [0, 0.1) is 17.7 Å². The number of thiophene rings is 1. The number of benzene rings is 2. The van der Waals surface area contributed by atoms with Crippen LogP contribution in [0.1, 0.15) is 23.8 Å². The smallest absolute Gasteiger partial charge is 0.211 e. The van der Waals surface area contributed by atoms with Crippen LogP contribution in [0.5, 0.6) is 5.75 Å². The van der Waals surface area contributed by atoms with E-state index in [1.54, 1.807) is 31.2 Å². The Bertz CT molecular complexity index is 1670. The van der Waals surface area contributed by atoms with Gasteiger partial charge < -0.3 is 15.4 Å². The normalized spacial score (nSPS) is 17.1. The maximum atomic E-state index is 13.4. The zero-order valence-electron chi connectivity index (χ0n) is 20.9. The van der Waals surface area contributed by atoms with Gasteiger partial charge in [-0.3, -0.25) is 0 Å². The molecule has 8 nitrogen and oxygen atoms in total. The average Bonchev–Trinajstić information content (AvgIpc) is 3.54. The second-order valence-corrected chi connectivity index (χ2v) is 12.4. The van der Waals surface area contributed by atoms with Crippen molar-refractivity contribution >= 4 is 54.7 Å². The first kappa shape index (κ1) is 27.3. The standard InChI is InChI=1S/C27H25ClFN5O3S2/c1-2-39(35,36)34-21-11-19(30-14-21)6-8-22-13-24-26(38-22)27(32-16-31-24)33-20-7-9-25(23(28)12-20)37-15-17-4-3-5-18(29)10-17/h3-5,7,9-10,12-13,16,19,21,30,34H,2,11,14-15H2,1H3,(H,31,32,33)/t19-,21+/m0/s1. The van der Waals surface area contributed by atoms with E-state index in [-0.39, 0.29) is 30.3 Å². The zero-order valence-corrected chi connectivity index (χ0v) is 23.3. The molecule has 5 rings (SSSR count). The second-order valence-electron chi connectivity index (χ2n) is 8.92. The van der Waals surface area contributed by atoms with Crippen molar-refractivity contribution in [3.8, 4) is 17.6 Å². The number of anilines is 2. The lowest BCUT2D eigenvalue weighted by Gasteiger charge is -2.11. The van der Waals surface area contributed by atoms with Gasteiger partial charge in [0.2, 0.25) is 10.0 Å². The van der Waals surface area contributed by atoms with Gasteiger partial charge in [0.1, 0.15) is 24.5 Å². The number of hydrogen-bond acceptors (Lipinski definition) is 8. The third-order valence-electron chi connectivity index (χ3n) is 6.02. The minimum absolute atomic E-state index is 0.0553. The molecule has 2 aromatic heterocycles. The molecule has 1 aliphatic rings. The van der Waals surface area contributed by atoms with Crippen molar-refractivity contribution in [2.24, 2.45) is 0 Å². The Morgan fingerprint density at radius 3 is 2.90 bits per heavy atom. The molecule has 202 valence electrons. The summed E-state index contributed by atoms with van der Waals surface area (Å²) in [6.45, 7) is 2.35. The van der Waals surface area contributed by atoms with Gasteiger partial charge in [0, 0.05) is 18.3 Å². The van der Waals surface area contributed by atoms with Crippen molar-refractivity contribution in [2.45, 2.75) is 32.0 Å². The highest BCUT2D eigenvalue weighted by Gasteiger charge is 2.25. The Morgan fingerprint density at radius 1 is 1.23 bits per heavy atom. The van der Waals surface area contributed by atoms with Crippen molar-refractivity contribution in [1.29, 1.82) is 0 Å². The van der Waals surface area contributed by atoms with Crippen molar-refractivity contribution in [3.05, 3.63) is 76.1 Å². The molecule has 0 amide bonds. The lowest BCUT2D eigenvalue weighted by atomic mass is 10.2. The minimum Gasteiger partial charge on any atom is -0.487 e. The maximum Gasteiger partial charge on any atom is 0.211 e. The van der Waals surface area contributed by atoms with Crippen LogP contribution in [0.25, 0.3) is 10.2 Å². The van der Waals surface area contributed by atoms with Crippen LogP contribution in [0.3, 0.4) is 0 Å². The molecule has 0 aliphatic carbocycles. The summed E-state index contributed by atoms with van der Waals surface area (Å²) in [4.78, 5) is 9.58. The van der Waals surface area contributed by atoms with E-state index >= 15 is 0 Å². The molecule has 2 atom stereocenters. The third-order valence-corrected chi connectivity index (χ3v) is 8.81. The molecular formula is C27H25ClFN5O3S2. The summed E-state index contributed by atoms with van der Waals surface area (Å²) in [7, 11) is -3.25. The number of rotatable bonds is 8. The molecule has 1 saturated heterocycles. The lowest BCUT2D eigenvalue weighted by Crippen LogP contribution is -2.37. The van der Waals surface area contributed by atoms with Crippen LogP contribution < -0.4 is 20.1 Å². The van der Waals surface area contributed by atoms with Crippen molar-refractivity contribution < 1.29 is 17.5 Å². The largest absolute Gasteiger partial charge is 0.487 e. The van der Waals surface area contributed by atoms with Gasteiger partial charge in [0.15, 0.2) is 5.82 Å². The van der Waals surface area contributed by atoms with Crippen LogP contribution in [0.4, 0.5) is 15.9 Å². The molecule has 0 saturated carbocycles. The average molecular weight is 586 g/mol. The van der Waals surface area contributed by atoms with E-state index in [0.29, 0.717) is 35.1 Å². The van der Waals surface area contributed by atoms with Crippen LogP contribution in [0.2, 0.25) is 5.02 Å². The number of nitrogens with one attached hydrogen (secondary N) is 3. The first-order valence-electron chi connectivity index (χ1n) is 12.2. The highest BCUT2D eigenvalue weighted by Crippen LogP contribution is 2.33. The molecule has 12 heteroatoms. The Labute approximate surface area is 235 Å². The molecule has 1 fully saturated rings. The molecule has 3 N–H and O–H groups in total. The minimum atomic E-state index is -3.25. The van der Waals surface area contributed by atoms with E-state index in [1.165, 1.54) is 29.8 Å². The molecule has 1 aliphatic heterocycles. The van der Waals surface area contributed by atoms with Gasteiger partial charge in [-0.2, -0.15) is 0 Å². The highest BCUT2D eigenvalue weighted by atomic mass is 35.5. The highest BCUT2D eigenvalue weighted by molar-refractivity contribution is 7.89. The third kappa shape index (κ3) is 7.03. The van der Waals surface area contributed by atoms with Crippen molar-refractivity contribution in [1.82, 2.24) is 20.0 Å². The lowest BCUT2D eigenvalue weighted by molar-refractivity contribution is 0.306. The fraction of sp³-hybridized carbons (Fsp3) is 0.259. The molecule has 0 radical (unpaired) electrons. The summed E-state index contributed by atoms with van der Waals surface area (Å²) in [6.07, 6.45) is 2.09. The first-order valence-corrected chi connectivity index (χ1v) is 15.1. The summed E-state index contributed by atoms with van der Waals surface area (Å²) < 4.78 is 46.3. The molecule has 3 heterocycles. The molecule has 39 heavy (non-hydrogen) atoms. The fourth-order valence-electron chi connectivity index (χ4n) is 4.06. The van der Waals surface area contributed by atoms with Gasteiger partial charge in [-0.25, -0.2) is 27.5 Å². The quantitative estimate of drug-likeness (QED) is 0.254. The molecular weight excluding hydrogens is 561 g/mol.